The summed E-state index contributed by atoms with van der Waals surface area (Å²) in [6.07, 6.45) is 5.67. The lowest BCUT2D eigenvalue weighted by Crippen LogP contribution is -2.45. The minimum Gasteiger partial charge on any atom is -0.481 e. The molecule has 1 N–H and O–H groups in total. The van der Waals surface area contributed by atoms with Gasteiger partial charge in [-0.05, 0) is 55.5 Å². The van der Waals surface area contributed by atoms with Crippen molar-refractivity contribution in [3.8, 4) is 5.75 Å². The van der Waals surface area contributed by atoms with Crippen LogP contribution in [0.5, 0.6) is 5.75 Å². The lowest BCUT2D eigenvalue weighted by molar-refractivity contribution is 0.117. The lowest BCUT2D eigenvalue weighted by atomic mass is 10.00. The van der Waals surface area contributed by atoms with Gasteiger partial charge in [0.1, 0.15) is 11.4 Å². The van der Waals surface area contributed by atoms with E-state index in [0.29, 0.717) is 6.54 Å². The molecule has 0 spiro atoms. The molecule has 0 fully saturated rings. The maximum atomic E-state index is 12.9. The van der Waals surface area contributed by atoms with Gasteiger partial charge in [0, 0.05) is 24.5 Å². The van der Waals surface area contributed by atoms with Crippen LogP contribution in [0.1, 0.15) is 18.2 Å². The van der Waals surface area contributed by atoms with Gasteiger partial charge in [-0.1, -0.05) is 30.3 Å². The summed E-state index contributed by atoms with van der Waals surface area (Å²) in [5.74, 6) is 0.721. The summed E-state index contributed by atoms with van der Waals surface area (Å²) in [6, 6.07) is 20.1. The van der Waals surface area contributed by atoms with Crippen LogP contribution < -0.4 is 10.1 Å². The highest BCUT2D eigenvalue weighted by Crippen LogP contribution is 2.34. The van der Waals surface area contributed by atoms with Crippen molar-refractivity contribution >= 4 is 21.8 Å². The van der Waals surface area contributed by atoms with Gasteiger partial charge < -0.3 is 10.1 Å². The van der Waals surface area contributed by atoms with Crippen molar-refractivity contribution in [3.05, 3.63) is 90.3 Å². The number of pyridine rings is 1. The Labute approximate surface area is 183 Å². The van der Waals surface area contributed by atoms with E-state index < -0.39 is 15.6 Å². The minimum atomic E-state index is -3.59. The van der Waals surface area contributed by atoms with Gasteiger partial charge >= 0.3 is 0 Å². The molecular formula is C24H25N3O3S. The Morgan fingerprint density at radius 3 is 2.58 bits per heavy atom. The predicted octanol–water partition coefficient (Wildman–Crippen LogP) is 4.18. The Bertz CT molecular complexity index is 1180. The fourth-order valence-electron chi connectivity index (χ4n) is 3.51. The molecule has 160 valence electrons. The third-order valence-corrected chi connectivity index (χ3v) is 6.97. The first-order valence-electron chi connectivity index (χ1n) is 10.0. The summed E-state index contributed by atoms with van der Waals surface area (Å²) in [5, 5.41) is 3.36. The quantitative estimate of drug-likeness (QED) is 0.603. The molecule has 0 saturated heterocycles. The molecule has 1 atom stereocenters. The number of hydrogen-bond acceptors (Lipinski definition) is 5. The number of ether oxygens (including phenoxy) is 1. The SMILES string of the molecule is CN(CC1(C)C=Cc2cc(NCc3ccccn3)ccc2O1)S(=O)(=O)c1ccccc1. The number of nitrogens with zero attached hydrogens (tertiary/aromatic N) is 2. The van der Waals surface area contributed by atoms with Crippen LogP contribution in [0.15, 0.2) is 83.9 Å². The van der Waals surface area contributed by atoms with Gasteiger partial charge in [0.15, 0.2) is 0 Å². The average Bonchev–Trinajstić information content (AvgIpc) is 2.78. The summed E-state index contributed by atoms with van der Waals surface area (Å²) in [4.78, 5) is 4.58. The summed E-state index contributed by atoms with van der Waals surface area (Å²) < 4.78 is 33.3. The molecule has 1 aromatic heterocycles. The number of sulfonamides is 1. The van der Waals surface area contributed by atoms with Crippen molar-refractivity contribution < 1.29 is 13.2 Å². The number of anilines is 1. The molecule has 0 bridgehead atoms. The zero-order valence-electron chi connectivity index (χ0n) is 17.5. The van der Waals surface area contributed by atoms with Crippen LogP contribution >= 0.6 is 0 Å². The van der Waals surface area contributed by atoms with Gasteiger partial charge in [0.05, 0.1) is 23.7 Å². The van der Waals surface area contributed by atoms with Gasteiger partial charge in [-0.3, -0.25) is 4.98 Å². The highest BCUT2D eigenvalue weighted by atomic mass is 32.2. The molecule has 2 aromatic carbocycles. The summed E-state index contributed by atoms with van der Waals surface area (Å²) in [6.45, 7) is 2.71. The molecule has 7 heteroatoms. The van der Waals surface area contributed by atoms with Crippen molar-refractivity contribution in [2.24, 2.45) is 0 Å². The van der Waals surface area contributed by atoms with Crippen molar-refractivity contribution in [2.45, 2.75) is 24.0 Å². The molecule has 0 saturated carbocycles. The standard InChI is InChI=1S/C24H25N3O3S/c1-24(18-27(2)31(28,29)22-9-4-3-5-10-22)14-13-19-16-20(11-12-23(19)30-24)26-17-21-8-6-7-15-25-21/h3-16,26H,17-18H2,1-2H3. The Balaban J connectivity index is 1.45. The average molecular weight is 436 g/mol. The van der Waals surface area contributed by atoms with E-state index in [-0.39, 0.29) is 11.4 Å². The van der Waals surface area contributed by atoms with Crippen molar-refractivity contribution in [1.29, 1.82) is 0 Å². The Morgan fingerprint density at radius 1 is 1.06 bits per heavy atom. The summed E-state index contributed by atoms with van der Waals surface area (Å²) in [7, 11) is -2.02. The Hall–Kier alpha value is -3.16. The van der Waals surface area contributed by atoms with Crippen molar-refractivity contribution in [1.82, 2.24) is 9.29 Å². The van der Waals surface area contributed by atoms with E-state index in [9.17, 15) is 8.42 Å². The number of nitrogens with one attached hydrogen (secondary N) is 1. The molecule has 31 heavy (non-hydrogen) atoms. The van der Waals surface area contributed by atoms with E-state index in [1.54, 1.807) is 43.6 Å². The van der Waals surface area contributed by atoms with E-state index in [1.165, 1.54) is 4.31 Å². The highest BCUT2D eigenvalue weighted by molar-refractivity contribution is 7.89. The largest absolute Gasteiger partial charge is 0.481 e. The lowest BCUT2D eigenvalue weighted by Gasteiger charge is -2.34. The number of benzene rings is 2. The van der Waals surface area contributed by atoms with Crippen LogP contribution in [-0.2, 0) is 16.6 Å². The van der Waals surface area contributed by atoms with Crippen LogP contribution in [0.4, 0.5) is 5.69 Å². The molecule has 0 aliphatic carbocycles. The Kier molecular flexibility index (Phi) is 5.80. The molecule has 1 aliphatic rings. The molecule has 1 aliphatic heterocycles. The second kappa shape index (κ2) is 8.53. The van der Waals surface area contributed by atoms with Gasteiger partial charge in [-0.25, -0.2) is 8.42 Å². The van der Waals surface area contributed by atoms with Crippen molar-refractivity contribution in [3.63, 3.8) is 0 Å². The minimum absolute atomic E-state index is 0.194. The van der Waals surface area contributed by atoms with Gasteiger partial charge in [-0.15, -0.1) is 0 Å². The molecule has 6 nitrogen and oxygen atoms in total. The third kappa shape index (κ3) is 4.78. The first-order chi connectivity index (χ1) is 14.9. The smallest absolute Gasteiger partial charge is 0.242 e. The van der Waals surface area contributed by atoms with Crippen molar-refractivity contribution in [2.75, 3.05) is 18.9 Å². The monoisotopic (exact) mass is 435 g/mol. The maximum absolute atomic E-state index is 12.9. The summed E-state index contributed by atoms with van der Waals surface area (Å²) in [5.41, 5.74) is 2.09. The maximum Gasteiger partial charge on any atom is 0.242 e. The zero-order valence-corrected chi connectivity index (χ0v) is 18.3. The van der Waals surface area contributed by atoms with Crippen LogP contribution in [-0.4, -0.2) is 36.9 Å². The van der Waals surface area contributed by atoms with Crippen LogP contribution in [0.3, 0.4) is 0 Å². The second-order valence-electron chi connectivity index (χ2n) is 7.75. The molecule has 2 heterocycles. The Morgan fingerprint density at radius 2 is 1.84 bits per heavy atom. The molecule has 3 aromatic rings. The topological polar surface area (TPSA) is 71.5 Å². The van der Waals surface area contributed by atoms with Gasteiger partial charge in [-0.2, -0.15) is 4.31 Å². The molecule has 0 amide bonds. The molecule has 4 rings (SSSR count). The zero-order chi connectivity index (χ0) is 21.9. The molecule has 1 unspecified atom stereocenters. The molecule has 0 radical (unpaired) electrons. The fourth-order valence-corrected chi connectivity index (χ4v) is 4.80. The molecular weight excluding hydrogens is 410 g/mol. The van der Waals surface area contributed by atoms with E-state index in [1.807, 2.05) is 55.5 Å². The number of hydrogen-bond donors (Lipinski definition) is 1. The fraction of sp³-hybridized carbons (Fsp3) is 0.208. The van der Waals surface area contributed by atoms with E-state index in [4.69, 9.17) is 4.74 Å². The number of rotatable bonds is 7. The van der Waals surface area contributed by atoms with Gasteiger partial charge in [0.25, 0.3) is 0 Å². The number of aromatic nitrogens is 1. The van der Waals surface area contributed by atoms with Crippen LogP contribution in [0, 0.1) is 0 Å². The van der Waals surface area contributed by atoms with E-state index in [0.717, 1.165) is 22.7 Å². The number of fused-ring (bicyclic) bond motifs is 1. The van der Waals surface area contributed by atoms with Gasteiger partial charge in [0.2, 0.25) is 10.0 Å². The van der Waals surface area contributed by atoms with E-state index in [2.05, 4.69) is 10.3 Å². The summed E-state index contributed by atoms with van der Waals surface area (Å²) >= 11 is 0. The number of likely N-dealkylation sites (N-methyl/N-ethyl adjacent to an activating group) is 1. The normalized spacial score (nSPS) is 17.8. The first kappa shape index (κ1) is 21.1. The highest BCUT2D eigenvalue weighted by Gasteiger charge is 2.33. The van der Waals surface area contributed by atoms with E-state index >= 15 is 0 Å². The van der Waals surface area contributed by atoms with Crippen LogP contribution in [0.2, 0.25) is 0 Å². The first-order valence-corrected chi connectivity index (χ1v) is 11.5. The van der Waals surface area contributed by atoms with Crippen LogP contribution in [0.25, 0.3) is 6.08 Å². The third-order valence-electron chi connectivity index (χ3n) is 5.16. The predicted molar refractivity (Wildman–Crippen MR) is 122 cm³/mol. The second-order valence-corrected chi connectivity index (χ2v) is 9.79.